The molecule has 3 aromatic rings. The van der Waals surface area contributed by atoms with Gasteiger partial charge in [0.15, 0.2) is 5.11 Å². The van der Waals surface area contributed by atoms with Gasteiger partial charge in [-0.15, -0.1) is 0 Å². The highest BCUT2D eigenvalue weighted by Crippen LogP contribution is 2.41. The first-order valence-corrected chi connectivity index (χ1v) is 10.8. The normalized spacial score (nSPS) is 18.3. The van der Waals surface area contributed by atoms with E-state index in [-0.39, 0.29) is 17.6 Å². The summed E-state index contributed by atoms with van der Waals surface area (Å²) >= 11 is 5.69. The Morgan fingerprint density at radius 2 is 1.94 bits per heavy atom. The Hall–Kier alpha value is -3.19. The van der Waals surface area contributed by atoms with Gasteiger partial charge in [-0.05, 0) is 68.4 Å². The third kappa shape index (κ3) is 3.70. The van der Waals surface area contributed by atoms with Gasteiger partial charge in [-0.2, -0.15) is 0 Å². The molecule has 6 nitrogen and oxygen atoms in total. The lowest BCUT2D eigenvalue weighted by Gasteiger charge is -2.28. The lowest BCUT2D eigenvalue weighted by molar-refractivity contribution is 0.0697. The fourth-order valence-corrected chi connectivity index (χ4v) is 4.86. The summed E-state index contributed by atoms with van der Waals surface area (Å²) in [5, 5.41) is 13.9. The van der Waals surface area contributed by atoms with Crippen molar-refractivity contribution in [3.8, 4) is 5.69 Å². The van der Waals surface area contributed by atoms with Gasteiger partial charge in [0.05, 0.1) is 29.0 Å². The number of carboxylic acid groups (broad SMARTS) is 1. The van der Waals surface area contributed by atoms with Gasteiger partial charge in [-0.3, -0.25) is 4.98 Å². The highest BCUT2D eigenvalue weighted by molar-refractivity contribution is 7.80. The van der Waals surface area contributed by atoms with Crippen LogP contribution in [-0.4, -0.2) is 37.2 Å². The predicted molar refractivity (Wildman–Crippen MR) is 125 cm³/mol. The van der Waals surface area contributed by atoms with Crippen LogP contribution in [0, 0.1) is 13.8 Å². The van der Waals surface area contributed by atoms with Crippen molar-refractivity contribution in [3.63, 3.8) is 0 Å². The van der Waals surface area contributed by atoms with Crippen LogP contribution >= 0.6 is 12.2 Å². The van der Waals surface area contributed by atoms with Crippen LogP contribution in [0.1, 0.15) is 58.4 Å². The summed E-state index contributed by atoms with van der Waals surface area (Å²) in [6.45, 7) is 7.02. The maximum absolute atomic E-state index is 11.8. The molecule has 7 heteroatoms. The van der Waals surface area contributed by atoms with Crippen LogP contribution in [0.2, 0.25) is 0 Å². The van der Waals surface area contributed by atoms with Crippen LogP contribution in [0.4, 0.5) is 0 Å². The number of benzene rings is 1. The van der Waals surface area contributed by atoms with Gasteiger partial charge < -0.3 is 19.9 Å². The first-order valence-electron chi connectivity index (χ1n) is 10.4. The fraction of sp³-hybridized carbons (Fsp3) is 0.292. The maximum atomic E-state index is 11.8. The van der Waals surface area contributed by atoms with E-state index in [1.165, 1.54) is 0 Å². The molecular formula is C24H26N4O2S. The lowest BCUT2D eigenvalue weighted by Crippen LogP contribution is -2.30. The summed E-state index contributed by atoms with van der Waals surface area (Å²) in [5.41, 5.74) is 4.99. The molecule has 1 fully saturated rings. The Labute approximate surface area is 187 Å². The van der Waals surface area contributed by atoms with E-state index in [1.54, 1.807) is 18.3 Å². The van der Waals surface area contributed by atoms with E-state index in [1.807, 2.05) is 48.7 Å². The van der Waals surface area contributed by atoms with E-state index in [9.17, 15) is 9.90 Å². The Balaban J connectivity index is 1.87. The topological polar surface area (TPSA) is 70.4 Å². The number of rotatable bonds is 6. The number of aromatic nitrogens is 2. The Bertz CT molecular complexity index is 1130. The van der Waals surface area contributed by atoms with Gasteiger partial charge in [0.1, 0.15) is 0 Å². The van der Waals surface area contributed by atoms with Crippen molar-refractivity contribution in [2.75, 3.05) is 6.54 Å². The van der Waals surface area contributed by atoms with Crippen molar-refractivity contribution in [3.05, 3.63) is 82.9 Å². The van der Waals surface area contributed by atoms with Crippen molar-refractivity contribution in [2.24, 2.45) is 0 Å². The second-order valence-electron chi connectivity index (χ2n) is 7.80. The van der Waals surface area contributed by atoms with Crippen molar-refractivity contribution in [1.82, 2.24) is 19.8 Å². The summed E-state index contributed by atoms with van der Waals surface area (Å²) in [7, 11) is 0. The second kappa shape index (κ2) is 8.51. The molecule has 0 amide bonds. The second-order valence-corrected chi connectivity index (χ2v) is 8.19. The highest BCUT2D eigenvalue weighted by Gasteiger charge is 2.41. The number of para-hydroxylation sites is 1. The molecule has 0 aliphatic carbocycles. The van der Waals surface area contributed by atoms with Crippen molar-refractivity contribution >= 4 is 23.3 Å². The zero-order valence-electron chi connectivity index (χ0n) is 17.9. The van der Waals surface area contributed by atoms with Crippen LogP contribution in [-0.2, 0) is 0 Å². The van der Waals surface area contributed by atoms with E-state index >= 15 is 0 Å². The smallest absolute Gasteiger partial charge is 0.337 e. The largest absolute Gasteiger partial charge is 0.478 e. The maximum Gasteiger partial charge on any atom is 0.337 e. The number of hydrogen-bond donors (Lipinski definition) is 2. The number of thiocarbonyl (C=S) groups is 1. The van der Waals surface area contributed by atoms with Crippen molar-refractivity contribution < 1.29 is 9.90 Å². The molecule has 2 N–H and O–H groups in total. The average Bonchev–Trinajstić information content (AvgIpc) is 3.24. The molecule has 3 heterocycles. The summed E-state index contributed by atoms with van der Waals surface area (Å²) in [5.74, 6) is -0.938. The molecule has 4 rings (SSSR count). The number of pyridine rings is 1. The molecule has 0 saturated carbocycles. The number of nitrogens with zero attached hydrogens (tertiary/aromatic N) is 3. The van der Waals surface area contributed by atoms with Gasteiger partial charge >= 0.3 is 5.97 Å². The minimum Gasteiger partial charge on any atom is -0.478 e. The van der Waals surface area contributed by atoms with Crippen LogP contribution in [0.3, 0.4) is 0 Å². The molecule has 1 aliphatic rings. The zero-order valence-corrected chi connectivity index (χ0v) is 18.7. The number of carbonyl (C=O) groups is 1. The molecule has 1 aromatic carbocycles. The molecule has 0 bridgehead atoms. The number of aryl methyl sites for hydroxylation is 1. The molecule has 31 heavy (non-hydrogen) atoms. The summed E-state index contributed by atoms with van der Waals surface area (Å²) < 4.78 is 2.03. The predicted octanol–water partition coefficient (Wildman–Crippen LogP) is 4.57. The average molecular weight is 435 g/mol. The summed E-state index contributed by atoms with van der Waals surface area (Å²) in [6.07, 6.45) is 2.76. The molecule has 2 aromatic heterocycles. The SMILES string of the molecule is CCCN1C(=S)N[C@H](c2ccccn2)[C@@H]1c1cc(C)n(-c2ccccc2C(=O)O)c1C. The Morgan fingerprint density at radius 1 is 1.19 bits per heavy atom. The van der Waals surface area contributed by atoms with Crippen LogP contribution in [0.25, 0.3) is 5.69 Å². The minimum absolute atomic E-state index is 0.0284. The van der Waals surface area contributed by atoms with E-state index < -0.39 is 5.97 Å². The number of aromatic carboxylic acids is 1. The number of nitrogens with one attached hydrogen (secondary N) is 1. The monoisotopic (exact) mass is 434 g/mol. The van der Waals surface area contributed by atoms with Crippen molar-refractivity contribution in [2.45, 2.75) is 39.3 Å². The molecule has 2 atom stereocenters. The van der Waals surface area contributed by atoms with Gasteiger partial charge in [0.25, 0.3) is 0 Å². The fourth-order valence-electron chi connectivity index (χ4n) is 4.53. The van der Waals surface area contributed by atoms with E-state index in [0.717, 1.165) is 40.7 Å². The first kappa shape index (κ1) is 21.1. The standard InChI is InChI=1S/C24H26N4O2S/c1-4-13-27-22(21(26-24(27)31)19-10-7-8-12-25-19)18-14-15(2)28(16(18)3)20-11-6-5-9-17(20)23(29)30/h5-12,14,21-22H,4,13H2,1-3H3,(H,26,31)(H,29,30)/t21-,22+/m1/s1. The lowest BCUT2D eigenvalue weighted by atomic mass is 9.96. The van der Waals surface area contributed by atoms with Gasteiger partial charge in [-0.1, -0.05) is 25.1 Å². The molecule has 0 spiro atoms. The van der Waals surface area contributed by atoms with Crippen molar-refractivity contribution in [1.29, 1.82) is 0 Å². The molecule has 1 aliphatic heterocycles. The first-order chi connectivity index (χ1) is 14.9. The molecule has 0 unspecified atom stereocenters. The van der Waals surface area contributed by atoms with Gasteiger partial charge in [0.2, 0.25) is 0 Å². The van der Waals surface area contributed by atoms with Gasteiger partial charge in [0, 0.05) is 24.1 Å². The van der Waals surface area contributed by atoms with E-state index in [4.69, 9.17) is 12.2 Å². The molecule has 0 radical (unpaired) electrons. The third-order valence-electron chi connectivity index (χ3n) is 5.83. The van der Waals surface area contributed by atoms with Crippen LogP contribution < -0.4 is 5.32 Å². The molecular weight excluding hydrogens is 408 g/mol. The highest BCUT2D eigenvalue weighted by atomic mass is 32.1. The molecule has 1 saturated heterocycles. The summed E-state index contributed by atoms with van der Waals surface area (Å²) in [4.78, 5) is 18.7. The Morgan fingerprint density at radius 3 is 2.61 bits per heavy atom. The Kier molecular flexibility index (Phi) is 5.78. The number of hydrogen-bond acceptors (Lipinski definition) is 3. The minimum atomic E-state index is -0.938. The number of carboxylic acids is 1. The third-order valence-corrected chi connectivity index (χ3v) is 6.18. The quantitative estimate of drug-likeness (QED) is 0.554. The summed E-state index contributed by atoms with van der Waals surface area (Å²) in [6, 6.07) is 15.1. The van der Waals surface area contributed by atoms with E-state index in [2.05, 4.69) is 28.2 Å². The van der Waals surface area contributed by atoms with E-state index in [0.29, 0.717) is 5.69 Å². The van der Waals surface area contributed by atoms with Crippen LogP contribution in [0.15, 0.2) is 54.7 Å². The molecule has 160 valence electrons. The zero-order chi connectivity index (χ0) is 22.1. The van der Waals surface area contributed by atoms with Gasteiger partial charge in [-0.25, -0.2) is 4.79 Å². The van der Waals surface area contributed by atoms with Crippen LogP contribution in [0.5, 0.6) is 0 Å².